The molecule has 23 heavy (non-hydrogen) atoms. The molecule has 1 aromatic heterocycles. The zero-order chi connectivity index (χ0) is 16.4. The van der Waals surface area contributed by atoms with Crippen LogP contribution in [-0.4, -0.2) is 34.4 Å². The highest BCUT2D eigenvalue weighted by atomic mass is 19.1. The maximum absolute atomic E-state index is 13.5. The molecule has 0 aliphatic carbocycles. The van der Waals surface area contributed by atoms with Crippen LogP contribution in [0.2, 0.25) is 0 Å². The molecule has 1 aliphatic rings. The fourth-order valence-electron chi connectivity index (χ4n) is 2.67. The lowest BCUT2D eigenvalue weighted by Gasteiger charge is -2.28. The zero-order valence-corrected chi connectivity index (χ0v) is 12.8. The molecule has 3 rings (SSSR count). The second-order valence-corrected chi connectivity index (χ2v) is 5.46. The fourth-order valence-corrected chi connectivity index (χ4v) is 2.67. The highest BCUT2D eigenvalue weighted by Gasteiger charge is 2.20. The third-order valence-electron chi connectivity index (χ3n) is 3.87. The highest BCUT2D eigenvalue weighted by molar-refractivity contribution is 5.88. The molecule has 2 heterocycles. The first-order chi connectivity index (χ1) is 11.1. The molecule has 0 fully saturated rings. The van der Waals surface area contributed by atoms with E-state index in [0.29, 0.717) is 13.1 Å². The molecule has 1 aromatic carbocycles. The number of halogens is 1. The standard InChI is InChI=1S/C16H17FN4O2/c1-23-14-6-10(2-3-12(14)17)8-21-5-4-11-7-19-16(15(18)22)20-13(11)9-21/h2-3,6-7H,4-5,8-9H2,1H3,(H2,18,22). The Balaban J connectivity index is 1.76. The van der Waals surface area contributed by atoms with Gasteiger partial charge in [0, 0.05) is 25.8 Å². The van der Waals surface area contributed by atoms with Crippen molar-refractivity contribution in [3.63, 3.8) is 0 Å². The summed E-state index contributed by atoms with van der Waals surface area (Å²) < 4.78 is 18.5. The Morgan fingerprint density at radius 2 is 2.30 bits per heavy atom. The number of benzene rings is 1. The van der Waals surface area contributed by atoms with Gasteiger partial charge in [0.05, 0.1) is 12.8 Å². The molecule has 1 aliphatic heterocycles. The Hall–Kier alpha value is -2.54. The molecule has 6 nitrogen and oxygen atoms in total. The Bertz CT molecular complexity index is 751. The third kappa shape index (κ3) is 3.29. The SMILES string of the molecule is COc1cc(CN2CCc3cnc(C(N)=O)nc3C2)ccc1F. The number of amides is 1. The first-order valence-electron chi connectivity index (χ1n) is 7.26. The molecule has 120 valence electrons. The van der Waals surface area contributed by atoms with E-state index in [2.05, 4.69) is 14.9 Å². The van der Waals surface area contributed by atoms with Crippen molar-refractivity contribution in [2.75, 3.05) is 13.7 Å². The number of ether oxygens (including phenoxy) is 1. The summed E-state index contributed by atoms with van der Waals surface area (Å²) in [6, 6.07) is 4.83. The van der Waals surface area contributed by atoms with Gasteiger partial charge in [-0.3, -0.25) is 9.69 Å². The summed E-state index contributed by atoms with van der Waals surface area (Å²) in [5, 5.41) is 0. The van der Waals surface area contributed by atoms with Gasteiger partial charge in [-0.2, -0.15) is 0 Å². The molecule has 0 saturated carbocycles. The van der Waals surface area contributed by atoms with Gasteiger partial charge in [0.25, 0.3) is 5.91 Å². The van der Waals surface area contributed by atoms with Gasteiger partial charge in [-0.1, -0.05) is 6.07 Å². The van der Waals surface area contributed by atoms with Crippen molar-refractivity contribution in [1.82, 2.24) is 14.9 Å². The Morgan fingerprint density at radius 3 is 3.04 bits per heavy atom. The molecule has 2 N–H and O–H groups in total. The van der Waals surface area contributed by atoms with Gasteiger partial charge in [0.1, 0.15) is 0 Å². The van der Waals surface area contributed by atoms with Gasteiger partial charge in [-0.15, -0.1) is 0 Å². The molecular formula is C16H17FN4O2. The number of carbonyl (C=O) groups excluding carboxylic acids is 1. The van der Waals surface area contributed by atoms with Crippen LogP contribution in [0.15, 0.2) is 24.4 Å². The zero-order valence-electron chi connectivity index (χ0n) is 12.8. The van der Waals surface area contributed by atoms with Gasteiger partial charge < -0.3 is 10.5 Å². The molecule has 0 bridgehead atoms. The summed E-state index contributed by atoms with van der Waals surface area (Å²) in [5.41, 5.74) is 8.02. The number of nitrogens with two attached hydrogens (primary N) is 1. The summed E-state index contributed by atoms with van der Waals surface area (Å²) in [4.78, 5) is 21.6. The van der Waals surface area contributed by atoms with Gasteiger partial charge in [-0.25, -0.2) is 14.4 Å². The van der Waals surface area contributed by atoms with Crippen molar-refractivity contribution < 1.29 is 13.9 Å². The normalized spacial score (nSPS) is 14.3. The van der Waals surface area contributed by atoms with E-state index in [0.717, 1.165) is 29.8 Å². The van der Waals surface area contributed by atoms with E-state index in [-0.39, 0.29) is 17.4 Å². The molecule has 2 aromatic rings. The van der Waals surface area contributed by atoms with E-state index in [9.17, 15) is 9.18 Å². The van der Waals surface area contributed by atoms with Crippen LogP contribution in [0.3, 0.4) is 0 Å². The fraction of sp³-hybridized carbons (Fsp3) is 0.312. The molecule has 0 spiro atoms. The number of carbonyl (C=O) groups is 1. The van der Waals surface area contributed by atoms with Gasteiger partial charge >= 0.3 is 0 Å². The minimum absolute atomic E-state index is 0.0362. The van der Waals surface area contributed by atoms with Crippen LogP contribution in [0.25, 0.3) is 0 Å². The van der Waals surface area contributed by atoms with Crippen LogP contribution in [0, 0.1) is 5.82 Å². The van der Waals surface area contributed by atoms with Crippen molar-refractivity contribution in [3.05, 3.63) is 52.9 Å². The lowest BCUT2D eigenvalue weighted by Crippen LogP contribution is -2.32. The highest BCUT2D eigenvalue weighted by Crippen LogP contribution is 2.22. The van der Waals surface area contributed by atoms with Crippen molar-refractivity contribution in [1.29, 1.82) is 0 Å². The summed E-state index contributed by atoms with van der Waals surface area (Å²) in [6.07, 6.45) is 2.47. The average molecular weight is 316 g/mol. The monoisotopic (exact) mass is 316 g/mol. The summed E-state index contributed by atoms with van der Waals surface area (Å²) in [6.45, 7) is 2.08. The van der Waals surface area contributed by atoms with Gasteiger partial charge in [-0.05, 0) is 29.7 Å². The summed E-state index contributed by atoms with van der Waals surface area (Å²) >= 11 is 0. The number of hydrogen-bond donors (Lipinski definition) is 1. The second kappa shape index (κ2) is 6.29. The molecule has 0 saturated heterocycles. The van der Waals surface area contributed by atoms with Crippen molar-refractivity contribution >= 4 is 5.91 Å². The van der Waals surface area contributed by atoms with Gasteiger partial charge in [0.15, 0.2) is 11.6 Å². The van der Waals surface area contributed by atoms with E-state index in [1.807, 2.05) is 0 Å². The number of aromatic nitrogens is 2. The van der Waals surface area contributed by atoms with Crippen molar-refractivity contribution in [2.45, 2.75) is 19.5 Å². The predicted molar refractivity (Wildman–Crippen MR) is 81.3 cm³/mol. The van der Waals surface area contributed by atoms with Crippen LogP contribution in [0.5, 0.6) is 5.75 Å². The predicted octanol–water partition coefficient (Wildman–Crippen LogP) is 1.28. The number of fused-ring (bicyclic) bond motifs is 1. The molecule has 7 heteroatoms. The molecule has 1 amide bonds. The largest absolute Gasteiger partial charge is 0.494 e. The number of rotatable bonds is 4. The Labute approximate surface area is 133 Å². The Morgan fingerprint density at radius 1 is 1.48 bits per heavy atom. The molecule has 0 unspecified atom stereocenters. The number of methoxy groups -OCH3 is 1. The quantitative estimate of drug-likeness (QED) is 0.919. The number of nitrogens with zero attached hydrogens (tertiary/aromatic N) is 3. The maximum atomic E-state index is 13.5. The van der Waals surface area contributed by atoms with Crippen molar-refractivity contribution in [3.8, 4) is 5.75 Å². The molecular weight excluding hydrogens is 299 g/mol. The smallest absolute Gasteiger partial charge is 0.286 e. The van der Waals surface area contributed by atoms with E-state index in [1.54, 1.807) is 18.3 Å². The molecule has 0 radical (unpaired) electrons. The van der Waals surface area contributed by atoms with Crippen molar-refractivity contribution in [2.24, 2.45) is 5.73 Å². The maximum Gasteiger partial charge on any atom is 0.286 e. The first-order valence-corrected chi connectivity index (χ1v) is 7.26. The minimum Gasteiger partial charge on any atom is -0.494 e. The van der Waals surface area contributed by atoms with Gasteiger partial charge in [0.2, 0.25) is 5.82 Å². The van der Waals surface area contributed by atoms with Crippen LogP contribution in [0.1, 0.15) is 27.4 Å². The van der Waals surface area contributed by atoms with E-state index in [1.165, 1.54) is 13.2 Å². The lowest BCUT2D eigenvalue weighted by atomic mass is 10.1. The van der Waals surface area contributed by atoms with E-state index >= 15 is 0 Å². The van der Waals surface area contributed by atoms with Crippen LogP contribution >= 0.6 is 0 Å². The third-order valence-corrected chi connectivity index (χ3v) is 3.87. The van der Waals surface area contributed by atoms with Crippen LogP contribution in [-0.2, 0) is 19.5 Å². The number of primary amides is 1. The average Bonchev–Trinajstić information content (AvgIpc) is 2.56. The van der Waals surface area contributed by atoms with E-state index in [4.69, 9.17) is 10.5 Å². The summed E-state index contributed by atoms with van der Waals surface area (Å²) in [7, 11) is 1.45. The minimum atomic E-state index is -0.631. The summed E-state index contributed by atoms with van der Waals surface area (Å²) in [5.74, 6) is -0.737. The topological polar surface area (TPSA) is 81.3 Å². The van der Waals surface area contributed by atoms with E-state index < -0.39 is 5.91 Å². The Kier molecular flexibility index (Phi) is 4.20. The van der Waals surface area contributed by atoms with Crippen LogP contribution in [0.4, 0.5) is 4.39 Å². The lowest BCUT2D eigenvalue weighted by molar-refractivity contribution is 0.0989. The van der Waals surface area contributed by atoms with Crippen LogP contribution < -0.4 is 10.5 Å². The molecule has 0 atom stereocenters. The first kappa shape index (κ1) is 15.4. The number of hydrogen-bond acceptors (Lipinski definition) is 5. The second-order valence-electron chi connectivity index (χ2n) is 5.46.